The molecule has 0 aliphatic rings. The molecule has 3 heteroatoms. The van der Waals surface area contributed by atoms with Crippen LogP contribution in [0, 0.1) is 0 Å². The zero-order valence-electron chi connectivity index (χ0n) is 9.19. The molecule has 2 nitrogen and oxygen atoms in total. The molecule has 0 saturated heterocycles. The lowest BCUT2D eigenvalue weighted by molar-refractivity contribution is -0.107. The van der Waals surface area contributed by atoms with Crippen molar-refractivity contribution >= 4 is 29.3 Å². The Balaban J connectivity index is 2.08. The first-order valence-corrected chi connectivity index (χ1v) is 5.71. The van der Waals surface area contributed by atoms with E-state index < -0.39 is 0 Å². The van der Waals surface area contributed by atoms with Gasteiger partial charge in [-0.15, -0.1) is 0 Å². The van der Waals surface area contributed by atoms with Crippen LogP contribution < -0.4 is 5.32 Å². The van der Waals surface area contributed by atoms with E-state index in [-0.39, 0.29) is 0 Å². The zero-order valence-corrected chi connectivity index (χ0v) is 9.95. The lowest BCUT2D eigenvalue weighted by Gasteiger charge is -2.06. The molecule has 17 heavy (non-hydrogen) atoms. The van der Waals surface area contributed by atoms with Gasteiger partial charge in [-0.3, -0.25) is 0 Å². The van der Waals surface area contributed by atoms with Gasteiger partial charge in [0.15, 0.2) is 0 Å². The largest absolute Gasteiger partial charge is 0.356 e. The van der Waals surface area contributed by atoms with E-state index >= 15 is 0 Å². The third kappa shape index (κ3) is 3.33. The minimum atomic E-state index is 0.460. The topological polar surface area (TPSA) is 29.1 Å². The van der Waals surface area contributed by atoms with Crippen LogP contribution in [-0.2, 0) is 11.2 Å². The highest BCUT2D eigenvalue weighted by Crippen LogP contribution is 2.19. The number of hydrogen-bond acceptors (Lipinski definition) is 2. The molecular weight excluding hydrogens is 234 g/mol. The third-order valence-electron chi connectivity index (χ3n) is 2.41. The second kappa shape index (κ2) is 5.51. The van der Waals surface area contributed by atoms with Crippen LogP contribution >= 0.6 is 11.6 Å². The quantitative estimate of drug-likeness (QED) is 0.830. The average Bonchev–Trinajstić information content (AvgIpc) is 2.35. The van der Waals surface area contributed by atoms with E-state index in [1.807, 2.05) is 48.5 Å². The molecule has 0 atom stereocenters. The lowest BCUT2D eigenvalue weighted by Crippen LogP contribution is -1.91. The fourth-order valence-corrected chi connectivity index (χ4v) is 1.65. The first-order valence-electron chi connectivity index (χ1n) is 5.33. The molecule has 86 valence electrons. The van der Waals surface area contributed by atoms with Gasteiger partial charge in [-0.2, -0.15) is 0 Å². The molecule has 2 aromatic rings. The predicted octanol–water partition coefficient (Wildman–Crippen LogP) is 3.83. The SMILES string of the molecule is O=CCc1ccc(Nc2ccc(Cl)cc2)cc1. The van der Waals surface area contributed by atoms with Crippen molar-refractivity contribution < 1.29 is 4.79 Å². The van der Waals surface area contributed by atoms with Crippen molar-refractivity contribution in [2.45, 2.75) is 6.42 Å². The molecule has 0 radical (unpaired) electrons. The van der Waals surface area contributed by atoms with Gasteiger partial charge < -0.3 is 10.1 Å². The number of aldehydes is 1. The molecule has 0 spiro atoms. The number of hydrogen-bond donors (Lipinski definition) is 1. The van der Waals surface area contributed by atoms with Crippen molar-refractivity contribution in [2.75, 3.05) is 5.32 Å². The van der Waals surface area contributed by atoms with E-state index in [0.29, 0.717) is 6.42 Å². The fourth-order valence-electron chi connectivity index (χ4n) is 1.52. The van der Waals surface area contributed by atoms with Crippen LogP contribution in [0.1, 0.15) is 5.56 Å². The first kappa shape index (κ1) is 11.7. The van der Waals surface area contributed by atoms with Crippen LogP contribution in [0.4, 0.5) is 11.4 Å². The van der Waals surface area contributed by atoms with E-state index in [9.17, 15) is 4.79 Å². The summed E-state index contributed by atoms with van der Waals surface area (Å²) in [4.78, 5) is 10.4. The number of nitrogens with one attached hydrogen (secondary N) is 1. The molecule has 0 aromatic heterocycles. The number of carbonyl (C=O) groups excluding carboxylic acids is 1. The maximum absolute atomic E-state index is 10.4. The van der Waals surface area contributed by atoms with Crippen molar-refractivity contribution in [1.29, 1.82) is 0 Å². The number of benzene rings is 2. The van der Waals surface area contributed by atoms with Crippen LogP contribution in [0.15, 0.2) is 48.5 Å². The molecule has 0 heterocycles. The molecular formula is C14H12ClNO. The number of carbonyl (C=O) groups is 1. The highest BCUT2D eigenvalue weighted by Gasteiger charge is 1.96. The predicted molar refractivity (Wildman–Crippen MR) is 70.9 cm³/mol. The van der Waals surface area contributed by atoms with Crippen molar-refractivity contribution in [3.63, 3.8) is 0 Å². The Bertz CT molecular complexity index is 491. The smallest absolute Gasteiger partial charge is 0.124 e. The average molecular weight is 246 g/mol. The van der Waals surface area contributed by atoms with Gasteiger partial charge in [0.1, 0.15) is 6.29 Å². The summed E-state index contributed by atoms with van der Waals surface area (Å²) in [7, 11) is 0. The molecule has 0 fully saturated rings. The monoisotopic (exact) mass is 245 g/mol. The summed E-state index contributed by atoms with van der Waals surface area (Å²) in [6.07, 6.45) is 1.36. The van der Waals surface area contributed by atoms with Gasteiger partial charge in [0.2, 0.25) is 0 Å². The highest BCUT2D eigenvalue weighted by molar-refractivity contribution is 6.30. The minimum absolute atomic E-state index is 0.460. The van der Waals surface area contributed by atoms with Crippen molar-refractivity contribution in [1.82, 2.24) is 0 Å². The van der Waals surface area contributed by atoms with E-state index in [1.165, 1.54) is 0 Å². The van der Waals surface area contributed by atoms with Crippen LogP contribution in [0.5, 0.6) is 0 Å². The Labute approximate surface area is 105 Å². The standard InChI is InChI=1S/C14H12ClNO/c15-12-3-7-14(8-4-12)16-13-5-1-11(2-6-13)9-10-17/h1-8,10,16H,9H2. The summed E-state index contributed by atoms with van der Waals surface area (Å²) in [5.74, 6) is 0. The summed E-state index contributed by atoms with van der Waals surface area (Å²) in [5.41, 5.74) is 2.99. The summed E-state index contributed by atoms with van der Waals surface area (Å²) >= 11 is 5.81. The Kier molecular flexibility index (Phi) is 3.78. The van der Waals surface area contributed by atoms with Gasteiger partial charge in [-0.25, -0.2) is 0 Å². The Morgan fingerprint density at radius 3 is 2.00 bits per heavy atom. The summed E-state index contributed by atoms with van der Waals surface area (Å²) in [5, 5.41) is 3.97. The molecule has 0 amide bonds. The van der Waals surface area contributed by atoms with Gasteiger partial charge in [0, 0.05) is 22.8 Å². The van der Waals surface area contributed by atoms with Gasteiger partial charge in [0.05, 0.1) is 0 Å². The van der Waals surface area contributed by atoms with E-state index in [1.54, 1.807) is 0 Å². The van der Waals surface area contributed by atoms with Gasteiger partial charge in [-0.05, 0) is 42.0 Å². The van der Waals surface area contributed by atoms with E-state index in [0.717, 1.165) is 28.2 Å². The molecule has 2 aromatic carbocycles. The number of anilines is 2. The fraction of sp³-hybridized carbons (Fsp3) is 0.0714. The Morgan fingerprint density at radius 2 is 1.47 bits per heavy atom. The minimum Gasteiger partial charge on any atom is -0.356 e. The van der Waals surface area contributed by atoms with Crippen LogP contribution in [0.3, 0.4) is 0 Å². The van der Waals surface area contributed by atoms with Gasteiger partial charge in [0.25, 0.3) is 0 Å². The lowest BCUT2D eigenvalue weighted by atomic mass is 10.1. The van der Waals surface area contributed by atoms with Crippen molar-refractivity contribution in [3.05, 3.63) is 59.1 Å². The molecule has 0 aliphatic heterocycles. The van der Waals surface area contributed by atoms with Crippen molar-refractivity contribution in [2.24, 2.45) is 0 Å². The van der Waals surface area contributed by atoms with Crippen LogP contribution in [-0.4, -0.2) is 6.29 Å². The highest BCUT2D eigenvalue weighted by atomic mass is 35.5. The Morgan fingerprint density at radius 1 is 0.941 bits per heavy atom. The Hall–Kier alpha value is -1.80. The first-order chi connectivity index (χ1) is 8.28. The summed E-state index contributed by atoms with van der Waals surface area (Å²) < 4.78 is 0. The maximum Gasteiger partial charge on any atom is 0.124 e. The maximum atomic E-state index is 10.4. The van der Waals surface area contributed by atoms with Gasteiger partial charge >= 0.3 is 0 Å². The molecule has 0 aliphatic carbocycles. The molecule has 1 N–H and O–H groups in total. The second-order valence-electron chi connectivity index (χ2n) is 3.70. The van der Waals surface area contributed by atoms with Crippen LogP contribution in [0.25, 0.3) is 0 Å². The number of rotatable bonds is 4. The molecule has 0 unspecified atom stereocenters. The third-order valence-corrected chi connectivity index (χ3v) is 2.66. The molecule has 0 saturated carbocycles. The van der Waals surface area contributed by atoms with Gasteiger partial charge in [-0.1, -0.05) is 23.7 Å². The normalized spacial score (nSPS) is 9.94. The summed E-state index contributed by atoms with van der Waals surface area (Å²) in [6.45, 7) is 0. The summed E-state index contributed by atoms with van der Waals surface area (Å²) in [6, 6.07) is 15.3. The zero-order chi connectivity index (χ0) is 12.1. The van der Waals surface area contributed by atoms with E-state index in [2.05, 4.69) is 5.32 Å². The molecule has 2 rings (SSSR count). The van der Waals surface area contributed by atoms with Crippen molar-refractivity contribution in [3.8, 4) is 0 Å². The number of halogens is 1. The van der Waals surface area contributed by atoms with Crippen LogP contribution in [0.2, 0.25) is 5.02 Å². The second-order valence-corrected chi connectivity index (χ2v) is 4.14. The van der Waals surface area contributed by atoms with E-state index in [4.69, 9.17) is 11.6 Å². The molecule has 0 bridgehead atoms.